The van der Waals surface area contributed by atoms with Crippen LogP contribution in [0.2, 0.25) is 0 Å². The second kappa shape index (κ2) is 9.62. The Morgan fingerprint density at radius 1 is 1.12 bits per heavy atom. The van der Waals surface area contributed by atoms with Crippen LogP contribution in [0.4, 0.5) is 0 Å². The fourth-order valence-corrected chi connectivity index (χ4v) is 5.84. The number of benzene rings is 1. The van der Waals surface area contributed by atoms with Crippen molar-refractivity contribution in [3.05, 3.63) is 35.1 Å². The standard InChI is InChI=1S/C23H32N2O6S/c1-13(2)11-32(29,30)12-23(28)24-17-8-19(20(26)9-17)25-22(27)7-16-10-31-21-6-15(4)14(3)5-18(16)21/h5-6,10,13,17,19-20,26H,7-9,11-12H2,1-4H3,(H,24,28)(H,25,27)/t17-,19-,20-/m0/s1. The van der Waals surface area contributed by atoms with Crippen molar-refractivity contribution in [1.29, 1.82) is 0 Å². The van der Waals surface area contributed by atoms with Gasteiger partial charge in [-0.2, -0.15) is 0 Å². The highest BCUT2D eigenvalue weighted by Crippen LogP contribution is 2.26. The van der Waals surface area contributed by atoms with Gasteiger partial charge in [-0.25, -0.2) is 8.42 Å². The molecule has 9 heteroatoms. The van der Waals surface area contributed by atoms with Crippen molar-refractivity contribution in [3.8, 4) is 0 Å². The molecule has 1 heterocycles. The first-order valence-electron chi connectivity index (χ1n) is 10.9. The molecule has 0 spiro atoms. The lowest BCUT2D eigenvalue weighted by Gasteiger charge is -2.16. The van der Waals surface area contributed by atoms with Crippen LogP contribution in [0, 0.1) is 19.8 Å². The highest BCUT2D eigenvalue weighted by molar-refractivity contribution is 7.92. The minimum absolute atomic E-state index is 0.0474. The maximum Gasteiger partial charge on any atom is 0.235 e. The largest absolute Gasteiger partial charge is 0.464 e. The van der Waals surface area contributed by atoms with Crippen molar-refractivity contribution in [1.82, 2.24) is 10.6 Å². The quantitative estimate of drug-likeness (QED) is 0.547. The summed E-state index contributed by atoms with van der Waals surface area (Å²) in [6.45, 7) is 7.57. The number of furan rings is 1. The SMILES string of the molecule is Cc1cc2occ(CC(=O)N[C@H]3C[C@H](NC(=O)CS(=O)(=O)CC(C)C)C[C@@H]3O)c2cc1C. The number of aryl methyl sites for hydroxylation is 2. The van der Waals surface area contributed by atoms with E-state index < -0.39 is 39.7 Å². The first kappa shape index (κ1) is 24.3. The predicted octanol–water partition coefficient (Wildman–Crippen LogP) is 1.79. The summed E-state index contributed by atoms with van der Waals surface area (Å²) in [6, 6.07) is 3.04. The summed E-state index contributed by atoms with van der Waals surface area (Å²) >= 11 is 0. The van der Waals surface area contributed by atoms with Gasteiger partial charge in [0.05, 0.1) is 30.6 Å². The fraction of sp³-hybridized carbons (Fsp3) is 0.565. The molecule has 1 aliphatic rings. The van der Waals surface area contributed by atoms with Crippen LogP contribution in [0.3, 0.4) is 0 Å². The van der Waals surface area contributed by atoms with E-state index in [1.807, 2.05) is 26.0 Å². The van der Waals surface area contributed by atoms with Crippen LogP contribution in [-0.4, -0.2) is 55.0 Å². The Labute approximate surface area is 188 Å². The maximum atomic E-state index is 12.6. The summed E-state index contributed by atoms with van der Waals surface area (Å²) in [6.07, 6.45) is 1.47. The van der Waals surface area contributed by atoms with Gasteiger partial charge in [0.2, 0.25) is 11.8 Å². The molecule has 8 nitrogen and oxygen atoms in total. The summed E-state index contributed by atoms with van der Waals surface area (Å²) in [5.74, 6) is -1.50. The molecule has 3 rings (SSSR count). The van der Waals surface area contributed by atoms with Crippen LogP contribution < -0.4 is 10.6 Å². The molecular weight excluding hydrogens is 432 g/mol. The fourth-order valence-electron chi connectivity index (χ4n) is 4.23. The van der Waals surface area contributed by atoms with Gasteiger partial charge in [0.1, 0.15) is 11.3 Å². The summed E-state index contributed by atoms with van der Waals surface area (Å²) in [4.78, 5) is 24.7. The molecule has 0 saturated heterocycles. The molecule has 32 heavy (non-hydrogen) atoms. The van der Waals surface area contributed by atoms with Crippen molar-refractivity contribution in [3.63, 3.8) is 0 Å². The van der Waals surface area contributed by atoms with Crippen molar-refractivity contribution in [2.45, 2.75) is 65.1 Å². The molecule has 0 radical (unpaired) electrons. The number of carbonyl (C=O) groups excluding carboxylic acids is 2. The molecular formula is C23H32N2O6S. The number of aliphatic hydroxyl groups is 1. The molecule has 1 aromatic carbocycles. The second-order valence-corrected chi connectivity index (χ2v) is 11.4. The predicted molar refractivity (Wildman–Crippen MR) is 122 cm³/mol. The first-order chi connectivity index (χ1) is 14.9. The third-order valence-corrected chi connectivity index (χ3v) is 7.68. The molecule has 2 amide bonds. The number of hydrogen-bond donors (Lipinski definition) is 3. The van der Waals surface area contributed by atoms with Crippen molar-refractivity contribution >= 4 is 32.6 Å². The monoisotopic (exact) mass is 464 g/mol. The van der Waals surface area contributed by atoms with Crippen LogP contribution in [-0.2, 0) is 25.8 Å². The molecule has 3 N–H and O–H groups in total. The van der Waals surface area contributed by atoms with Gasteiger partial charge in [-0.15, -0.1) is 0 Å². The lowest BCUT2D eigenvalue weighted by atomic mass is 10.0. The number of hydrogen-bond acceptors (Lipinski definition) is 6. The van der Waals surface area contributed by atoms with Gasteiger partial charge in [0, 0.05) is 17.0 Å². The minimum Gasteiger partial charge on any atom is -0.464 e. The number of sulfone groups is 1. The van der Waals surface area contributed by atoms with E-state index in [1.165, 1.54) is 0 Å². The van der Waals surface area contributed by atoms with E-state index >= 15 is 0 Å². The zero-order chi connectivity index (χ0) is 23.6. The number of aliphatic hydroxyl groups excluding tert-OH is 1. The zero-order valence-electron chi connectivity index (χ0n) is 19.0. The Hall–Kier alpha value is -2.39. The van der Waals surface area contributed by atoms with Gasteiger partial charge in [-0.3, -0.25) is 9.59 Å². The van der Waals surface area contributed by atoms with E-state index in [4.69, 9.17) is 4.42 Å². The topological polar surface area (TPSA) is 126 Å². The Morgan fingerprint density at radius 2 is 1.81 bits per heavy atom. The summed E-state index contributed by atoms with van der Waals surface area (Å²) in [7, 11) is -3.47. The normalized spacial score (nSPS) is 21.2. The van der Waals surface area contributed by atoms with Crippen molar-refractivity contribution < 1.29 is 27.5 Å². The molecule has 1 aliphatic carbocycles. The van der Waals surface area contributed by atoms with Gasteiger partial charge in [0.15, 0.2) is 9.84 Å². The number of amides is 2. The average molecular weight is 465 g/mol. The van der Waals surface area contributed by atoms with Crippen LogP contribution >= 0.6 is 0 Å². The zero-order valence-corrected chi connectivity index (χ0v) is 19.8. The first-order valence-corrected chi connectivity index (χ1v) is 12.7. The van der Waals surface area contributed by atoms with Crippen molar-refractivity contribution in [2.24, 2.45) is 5.92 Å². The molecule has 176 valence electrons. The molecule has 0 bridgehead atoms. The lowest BCUT2D eigenvalue weighted by Crippen LogP contribution is -2.41. The molecule has 2 aromatic rings. The lowest BCUT2D eigenvalue weighted by molar-refractivity contribution is -0.121. The van der Waals surface area contributed by atoms with E-state index in [2.05, 4.69) is 10.6 Å². The second-order valence-electron chi connectivity index (χ2n) is 9.30. The minimum atomic E-state index is -3.47. The molecule has 1 saturated carbocycles. The van der Waals surface area contributed by atoms with Gasteiger partial charge in [-0.1, -0.05) is 13.8 Å². The van der Waals surface area contributed by atoms with Crippen LogP contribution in [0.5, 0.6) is 0 Å². The average Bonchev–Trinajstić information content (AvgIpc) is 3.16. The van der Waals surface area contributed by atoms with Crippen LogP contribution in [0.25, 0.3) is 11.0 Å². The van der Waals surface area contributed by atoms with E-state index in [9.17, 15) is 23.1 Å². The van der Waals surface area contributed by atoms with Gasteiger partial charge < -0.3 is 20.2 Å². The Balaban J connectivity index is 1.54. The van der Waals surface area contributed by atoms with E-state index in [0.717, 1.165) is 27.7 Å². The Morgan fingerprint density at radius 3 is 2.50 bits per heavy atom. The number of rotatable bonds is 8. The molecule has 3 atom stereocenters. The number of fused-ring (bicyclic) bond motifs is 1. The van der Waals surface area contributed by atoms with Crippen LogP contribution in [0.1, 0.15) is 43.4 Å². The number of nitrogens with one attached hydrogen (secondary N) is 2. The Kier molecular flexibility index (Phi) is 7.29. The molecule has 0 unspecified atom stereocenters. The summed E-state index contributed by atoms with van der Waals surface area (Å²) in [5, 5.41) is 16.7. The van der Waals surface area contributed by atoms with E-state index in [-0.39, 0.29) is 30.4 Å². The summed E-state index contributed by atoms with van der Waals surface area (Å²) in [5.41, 5.74) is 3.73. The maximum absolute atomic E-state index is 12.6. The van der Waals surface area contributed by atoms with Gasteiger partial charge in [0.25, 0.3) is 0 Å². The molecule has 1 fully saturated rings. The number of carbonyl (C=O) groups is 2. The van der Waals surface area contributed by atoms with Crippen molar-refractivity contribution in [2.75, 3.05) is 11.5 Å². The summed E-state index contributed by atoms with van der Waals surface area (Å²) < 4.78 is 29.6. The third kappa shape index (κ3) is 6.10. The van der Waals surface area contributed by atoms with Gasteiger partial charge >= 0.3 is 0 Å². The highest BCUT2D eigenvalue weighted by atomic mass is 32.2. The highest BCUT2D eigenvalue weighted by Gasteiger charge is 2.35. The van der Waals surface area contributed by atoms with E-state index in [0.29, 0.717) is 6.42 Å². The van der Waals surface area contributed by atoms with Gasteiger partial charge in [-0.05, 0) is 55.9 Å². The Bertz CT molecular complexity index is 1110. The van der Waals surface area contributed by atoms with E-state index in [1.54, 1.807) is 20.1 Å². The van der Waals surface area contributed by atoms with Crippen LogP contribution in [0.15, 0.2) is 22.8 Å². The third-order valence-electron chi connectivity index (χ3n) is 5.80. The molecule has 1 aromatic heterocycles. The smallest absolute Gasteiger partial charge is 0.235 e. The molecule has 0 aliphatic heterocycles.